The molecule has 0 unspecified atom stereocenters. The van der Waals surface area contributed by atoms with Crippen LogP contribution in [-0.4, -0.2) is 10.9 Å². The van der Waals surface area contributed by atoms with Crippen molar-refractivity contribution >= 4 is 27.7 Å². The summed E-state index contributed by atoms with van der Waals surface area (Å²) >= 11 is 0. The Kier molecular flexibility index (Phi) is 1.95. The van der Waals surface area contributed by atoms with Gasteiger partial charge in [-0.1, -0.05) is 18.2 Å². The van der Waals surface area contributed by atoms with E-state index in [1.165, 1.54) is 6.92 Å². The van der Waals surface area contributed by atoms with Gasteiger partial charge in [-0.2, -0.15) is 0 Å². The monoisotopic (exact) mass is 226 g/mol. The molecule has 0 aliphatic carbocycles. The zero-order chi connectivity index (χ0) is 12.0. The van der Waals surface area contributed by atoms with Crippen molar-refractivity contribution in [3.05, 3.63) is 42.0 Å². The highest BCUT2D eigenvalue weighted by atomic mass is 16.3. The fourth-order valence-corrected chi connectivity index (χ4v) is 2.04. The largest absolute Gasteiger partial charge is 0.507 e. The molecule has 3 aromatic rings. The first-order valence-corrected chi connectivity index (χ1v) is 5.32. The maximum Gasteiger partial charge on any atom is 0.163 e. The van der Waals surface area contributed by atoms with Gasteiger partial charge < -0.3 is 9.52 Å². The Morgan fingerprint density at radius 2 is 1.88 bits per heavy atom. The number of furan rings is 1. The first-order chi connectivity index (χ1) is 8.16. The minimum absolute atomic E-state index is 0.00319. The fraction of sp³-hybridized carbons (Fsp3) is 0.0714. The van der Waals surface area contributed by atoms with Gasteiger partial charge >= 0.3 is 0 Å². The molecule has 0 radical (unpaired) electrons. The van der Waals surface area contributed by atoms with Gasteiger partial charge in [-0.05, 0) is 25.1 Å². The molecule has 0 fully saturated rings. The summed E-state index contributed by atoms with van der Waals surface area (Å²) in [6, 6.07) is 10.8. The number of benzene rings is 2. The van der Waals surface area contributed by atoms with Crippen molar-refractivity contribution in [1.29, 1.82) is 0 Å². The Balaban J connectivity index is 2.46. The Hall–Kier alpha value is -2.29. The number of para-hydroxylation sites is 1. The van der Waals surface area contributed by atoms with Crippen molar-refractivity contribution in [2.75, 3.05) is 0 Å². The van der Waals surface area contributed by atoms with Crippen LogP contribution in [0.1, 0.15) is 17.3 Å². The molecule has 0 saturated heterocycles. The van der Waals surface area contributed by atoms with Gasteiger partial charge in [0.1, 0.15) is 16.9 Å². The normalized spacial score (nSPS) is 11.1. The van der Waals surface area contributed by atoms with Crippen LogP contribution in [0, 0.1) is 0 Å². The molecule has 1 heterocycles. The summed E-state index contributed by atoms with van der Waals surface area (Å²) in [5.74, 6) is -0.179. The van der Waals surface area contributed by atoms with Crippen molar-refractivity contribution in [3.8, 4) is 5.75 Å². The molecule has 0 aliphatic heterocycles. The van der Waals surface area contributed by atoms with Crippen LogP contribution in [0.2, 0.25) is 0 Å². The summed E-state index contributed by atoms with van der Waals surface area (Å²) in [5.41, 5.74) is 1.66. The smallest absolute Gasteiger partial charge is 0.163 e. The number of carbonyl (C=O) groups excluding carboxylic acids is 1. The number of carbonyl (C=O) groups is 1. The summed E-state index contributed by atoms with van der Waals surface area (Å²) < 4.78 is 5.63. The molecule has 0 saturated carbocycles. The summed E-state index contributed by atoms with van der Waals surface area (Å²) in [7, 11) is 0. The standard InChI is InChI=1S/C14H10O3/c1-8(15)10-7-14-11(6-12(10)16)9-4-2-3-5-13(9)17-14/h2-7,16H,1H3. The number of rotatable bonds is 1. The van der Waals surface area contributed by atoms with Crippen LogP contribution in [0.4, 0.5) is 0 Å². The summed E-state index contributed by atoms with van der Waals surface area (Å²) in [4.78, 5) is 11.3. The lowest BCUT2D eigenvalue weighted by molar-refractivity contribution is 0.101. The number of ketones is 1. The van der Waals surface area contributed by atoms with E-state index in [0.29, 0.717) is 5.58 Å². The maximum atomic E-state index is 11.3. The van der Waals surface area contributed by atoms with E-state index in [-0.39, 0.29) is 17.1 Å². The number of hydrogen-bond donors (Lipinski definition) is 1. The van der Waals surface area contributed by atoms with Gasteiger partial charge in [-0.25, -0.2) is 0 Å². The highest BCUT2D eigenvalue weighted by Crippen LogP contribution is 2.33. The van der Waals surface area contributed by atoms with Gasteiger partial charge in [0, 0.05) is 10.8 Å². The molecule has 3 rings (SSSR count). The van der Waals surface area contributed by atoms with Crippen molar-refractivity contribution in [3.63, 3.8) is 0 Å². The van der Waals surface area contributed by atoms with E-state index < -0.39 is 0 Å². The number of Topliss-reactive ketones (excluding diaryl/α,β-unsaturated/α-hetero) is 1. The molecular weight excluding hydrogens is 216 g/mol. The van der Waals surface area contributed by atoms with Crippen LogP contribution in [0.5, 0.6) is 5.75 Å². The van der Waals surface area contributed by atoms with Crippen molar-refractivity contribution < 1.29 is 14.3 Å². The molecule has 1 aromatic heterocycles. The topological polar surface area (TPSA) is 50.4 Å². The van der Waals surface area contributed by atoms with Crippen LogP contribution < -0.4 is 0 Å². The van der Waals surface area contributed by atoms with Crippen LogP contribution >= 0.6 is 0 Å². The molecule has 84 valence electrons. The zero-order valence-corrected chi connectivity index (χ0v) is 9.23. The van der Waals surface area contributed by atoms with Crippen LogP contribution in [0.15, 0.2) is 40.8 Å². The Morgan fingerprint density at radius 1 is 1.12 bits per heavy atom. The van der Waals surface area contributed by atoms with Crippen LogP contribution in [0.3, 0.4) is 0 Å². The number of aromatic hydroxyl groups is 1. The molecule has 17 heavy (non-hydrogen) atoms. The average molecular weight is 226 g/mol. The van der Waals surface area contributed by atoms with E-state index in [4.69, 9.17) is 4.42 Å². The summed E-state index contributed by atoms with van der Waals surface area (Å²) in [5, 5.41) is 11.6. The van der Waals surface area contributed by atoms with Gasteiger partial charge in [0.05, 0.1) is 5.56 Å². The molecule has 0 aliphatic rings. The van der Waals surface area contributed by atoms with Gasteiger partial charge in [-0.3, -0.25) is 4.79 Å². The van der Waals surface area contributed by atoms with E-state index in [2.05, 4.69) is 0 Å². The lowest BCUT2D eigenvalue weighted by atomic mass is 10.1. The van der Waals surface area contributed by atoms with E-state index in [9.17, 15) is 9.90 Å². The molecule has 0 bridgehead atoms. The second kappa shape index (κ2) is 3.35. The molecule has 0 atom stereocenters. The molecule has 2 aromatic carbocycles. The lowest BCUT2D eigenvalue weighted by Gasteiger charge is -1.99. The van der Waals surface area contributed by atoms with Gasteiger partial charge in [0.2, 0.25) is 0 Å². The second-order valence-electron chi connectivity index (χ2n) is 4.02. The molecule has 0 amide bonds. The van der Waals surface area contributed by atoms with Gasteiger partial charge in [0.15, 0.2) is 5.78 Å². The van der Waals surface area contributed by atoms with Crippen molar-refractivity contribution in [2.24, 2.45) is 0 Å². The third-order valence-electron chi connectivity index (χ3n) is 2.87. The predicted octanol–water partition coefficient (Wildman–Crippen LogP) is 3.49. The second-order valence-corrected chi connectivity index (χ2v) is 4.02. The first kappa shape index (κ1) is 9.90. The summed E-state index contributed by atoms with van der Waals surface area (Å²) in [6.07, 6.45) is 0. The lowest BCUT2D eigenvalue weighted by Crippen LogP contribution is -1.91. The molecule has 1 N–H and O–H groups in total. The molecular formula is C14H10O3. The van der Waals surface area contributed by atoms with E-state index in [1.807, 2.05) is 24.3 Å². The predicted molar refractivity (Wildman–Crippen MR) is 65.4 cm³/mol. The van der Waals surface area contributed by atoms with Crippen LogP contribution in [-0.2, 0) is 0 Å². The fourth-order valence-electron chi connectivity index (χ4n) is 2.04. The SMILES string of the molecule is CC(=O)c1cc2oc3ccccc3c2cc1O. The quantitative estimate of drug-likeness (QED) is 0.646. The van der Waals surface area contributed by atoms with E-state index in [1.54, 1.807) is 12.1 Å². The minimum Gasteiger partial charge on any atom is -0.507 e. The molecule has 0 spiro atoms. The van der Waals surface area contributed by atoms with Gasteiger partial charge in [0.25, 0.3) is 0 Å². The number of hydrogen-bond acceptors (Lipinski definition) is 3. The van der Waals surface area contributed by atoms with Crippen LogP contribution in [0.25, 0.3) is 21.9 Å². The van der Waals surface area contributed by atoms with E-state index in [0.717, 1.165) is 16.4 Å². The average Bonchev–Trinajstić information content (AvgIpc) is 2.65. The van der Waals surface area contributed by atoms with Crippen molar-refractivity contribution in [2.45, 2.75) is 6.92 Å². The molecule has 3 nitrogen and oxygen atoms in total. The third-order valence-corrected chi connectivity index (χ3v) is 2.87. The van der Waals surface area contributed by atoms with Crippen molar-refractivity contribution in [1.82, 2.24) is 0 Å². The Labute approximate surface area is 97.3 Å². The highest BCUT2D eigenvalue weighted by molar-refractivity contribution is 6.09. The highest BCUT2D eigenvalue weighted by Gasteiger charge is 2.13. The van der Waals surface area contributed by atoms with Gasteiger partial charge in [-0.15, -0.1) is 0 Å². The van der Waals surface area contributed by atoms with E-state index >= 15 is 0 Å². The number of phenols is 1. The minimum atomic E-state index is -0.176. The third kappa shape index (κ3) is 1.40. The number of fused-ring (bicyclic) bond motifs is 3. The maximum absolute atomic E-state index is 11.3. The zero-order valence-electron chi connectivity index (χ0n) is 9.23. The Morgan fingerprint density at radius 3 is 2.65 bits per heavy atom. The Bertz CT molecular complexity index is 738. The summed E-state index contributed by atoms with van der Waals surface area (Å²) in [6.45, 7) is 1.42. The first-order valence-electron chi connectivity index (χ1n) is 5.32. The number of phenolic OH excluding ortho intramolecular Hbond substituents is 1. The molecule has 3 heteroatoms.